The summed E-state index contributed by atoms with van der Waals surface area (Å²) in [6, 6.07) is 13.0. The van der Waals surface area contributed by atoms with E-state index in [2.05, 4.69) is 5.32 Å². The molecule has 1 N–H and O–H groups in total. The van der Waals surface area contributed by atoms with Gasteiger partial charge in [0.15, 0.2) is 0 Å². The van der Waals surface area contributed by atoms with Gasteiger partial charge < -0.3 is 10.2 Å². The number of carbonyl (C=O) groups excluding carboxylic acids is 2. The molecule has 174 valence electrons. The number of anilines is 1. The van der Waals surface area contributed by atoms with Crippen LogP contribution in [0.5, 0.6) is 0 Å². The van der Waals surface area contributed by atoms with Gasteiger partial charge in [-0.1, -0.05) is 42.8 Å². The Morgan fingerprint density at radius 1 is 1.09 bits per heavy atom. The van der Waals surface area contributed by atoms with E-state index >= 15 is 0 Å². The predicted octanol–water partition coefficient (Wildman–Crippen LogP) is 3.36. The second-order valence-corrected chi connectivity index (χ2v) is 10.0. The number of carbonyl (C=O) groups is 2. The summed E-state index contributed by atoms with van der Waals surface area (Å²) in [6.45, 7) is 5.76. The molecule has 0 heterocycles. The second-order valence-electron chi connectivity index (χ2n) is 7.66. The van der Waals surface area contributed by atoms with E-state index < -0.39 is 28.5 Å². The van der Waals surface area contributed by atoms with Crippen molar-refractivity contribution >= 4 is 39.1 Å². The first-order valence-corrected chi connectivity index (χ1v) is 12.6. The number of hydrogen-bond donors (Lipinski definition) is 1. The van der Waals surface area contributed by atoms with Gasteiger partial charge in [-0.05, 0) is 55.7 Å². The zero-order valence-electron chi connectivity index (χ0n) is 18.8. The number of aryl methyl sites for hydroxylation is 1. The zero-order chi connectivity index (χ0) is 23.9. The molecule has 0 aliphatic heterocycles. The molecule has 0 saturated heterocycles. The van der Waals surface area contributed by atoms with Crippen LogP contribution in [0.2, 0.25) is 5.02 Å². The number of halogens is 1. The third kappa shape index (κ3) is 6.97. The van der Waals surface area contributed by atoms with Crippen LogP contribution in [0.3, 0.4) is 0 Å². The molecule has 0 aliphatic carbocycles. The lowest BCUT2D eigenvalue weighted by molar-refractivity contribution is -0.139. The van der Waals surface area contributed by atoms with Crippen molar-refractivity contribution in [1.82, 2.24) is 10.2 Å². The minimum Gasteiger partial charge on any atom is -0.354 e. The van der Waals surface area contributed by atoms with E-state index in [1.54, 1.807) is 31.2 Å². The first-order chi connectivity index (χ1) is 15.0. The molecule has 0 spiro atoms. The Bertz CT molecular complexity index is 1040. The van der Waals surface area contributed by atoms with E-state index in [-0.39, 0.29) is 12.5 Å². The molecule has 2 amide bonds. The topological polar surface area (TPSA) is 86.8 Å². The SMILES string of the molecule is CCCNC(=O)[C@H](C)N(Cc1ccccc1C)C(=O)CN(c1ccc(Cl)cc1)S(C)(=O)=O. The molecular formula is C23H30ClN3O4S. The Kier molecular flexibility index (Phi) is 9.09. The third-order valence-corrected chi connectivity index (χ3v) is 6.50. The van der Waals surface area contributed by atoms with Crippen molar-refractivity contribution in [2.75, 3.05) is 23.7 Å². The van der Waals surface area contributed by atoms with Crippen molar-refractivity contribution in [2.45, 2.75) is 39.8 Å². The maximum Gasteiger partial charge on any atom is 0.244 e. The van der Waals surface area contributed by atoms with E-state index in [1.807, 2.05) is 38.1 Å². The molecular weight excluding hydrogens is 450 g/mol. The molecule has 0 unspecified atom stereocenters. The monoisotopic (exact) mass is 479 g/mol. The van der Waals surface area contributed by atoms with Crippen LogP contribution in [0.4, 0.5) is 5.69 Å². The fraction of sp³-hybridized carbons (Fsp3) is 0.391. The lowest BCUT2D eigenvalue weighted by Crippen LogP contribution is -2.51. The summed E-state index contributed by atoms with van der Waals surface area (Å²) in [5.41, 5.74) is 2.18. The van der Waals surface area contributed by atoms with Crippen LogP contribution in [0.25, 0.3) is 0 Å². The lowest BCUT2D eigenvalue weighted by Gasteiger charge is -2.31. The molecule has 0 bridgehead atoms. The van der Waals surface area contributed by atoms with Gasteiger partial charge in [-0.3, -0.25) is 13.9 Å². The maximum absolute atomic E-state index is 13.4. The number of amides is 2. The first kappa shape index (κ1) is 25.7. The predicted molar refractivity (Wildman–Crippen MR) is 128 cm³/mol. The summed E-state index contributed by atoms with van der Waals surface area (Å²) in [5.74, 6) is -0.765. The summed E-state index contributed by atoms with van der Waals surface area (Å²) in [4.78, 5) is 27.5. The Labute approximate surface area is 195 Å². The fourth-order valence-corrected chi connectivity index (χ4v) is 4.15. The van der Waals surface area contributed by atoms with Crippen molar-refractivity contribution in [3.05, 3.63) is 64.7 Å². The van der Waals surface area contributed by atoms with Gasteiger partial charge in [0, 0.05) is 18.1 Å². The largest absolute Gasteiger partial charge is 0.354 e. The molecule has 1 atom stereocenters. The van der Waals surface area contributed by atoms with Crippen molar-refractivity contribution < 1.29 is 18.0 Å². The quantitative estimate of drug-likeness (QED) is 0.566. The first-order valence-electron chi connectivity index (χ1n) is 10.4. The van der Waals surface area contributed by atoms with E-state index in [4.69, 9.17) is 11.6 Å². The van der Waals surface area contributed by atoms with Crippen LogP contribution in [0, 0.1) is 6.92 Å². The van der Waals surface area contributed by atoms with Gasteiger partial charge in [0.25, 0.3) is 0 Å². The number of nitrogens with zero attached hydrogens (tertiary/aromatic N) is 2. The van der Waals surface area contributed by atoms with E-state index in [1.165, 1.54) is 4.90 Å². The van der Waals surface area contributed by atoms with Crippen LogP contribution < -0.4 is 9.62 Å². The van der Waals surface area contributed by atoms with Crippen LogP contribution in [0.15, 0.2) is 48.5 Å². The highest BCUT2D eigenvalue weighted by atomic mass is 35.5. The third-order valence-electron chi connectivity index (χ3n) is 5.11. The lowest BCUT2D eigenvalue weighted by atomic mass is 10.1. The summed E-state index contributed by atoms with van der Waals surface area (Å²) in [7, 11) is -3.76. The summed E-state index contributed by atoms with van der Waals surface area (Å²) < 4.78 is 26.0. The van der Waals surface area contributed by atoms with Gasteiger partial charge in [0.1, 0.15) is 12.6 Å². The number of rotatable bonds is 10. The van der Waals surface area contributed by atoms with Crippen LogP contribution in [-0.4, -0.2) is 50.5 Å². The molecule has 0 saturated carbocycles. The Hall–Kier alpha value is -2.58. The summed E-state index contributed by atoms with van der Waals surface area (Å²) in [5, 5.41) is 3.26. The number of benzene rings is 2. The average molecular weight is 480 g/mol. The molecule has 0 aliphatic rings. The molecule has 7 nitrogen and oxygen atoms in total. The van der Waals surface area contributed by atoms with Gasteiger partial charge in [-0.25, -0.2) is 8.42 Å². The minimum atomic E-state index is -3.76. The number of nitrogens with one attached hydrogen (secondary N) is 1. The van der Waals surface area contributed by atoms with Crippen molar-refractivity contribution in [3.8, 4) is 0 Å². The normalized spacial score (nSPS) is 12.2. The maximum atomic E-state index is 13.4. The average Bonchev–Trinajstić information content (AvgIpc) is 2.74. The molecule has 0 aromatic heterocycles. The number of hydrogen-bond acceptors (Lipinski definition) is 4. The Morgan fingerprint density at radius 3 is 2.28 bits per heavy atom. The summed E-state index contributed by atoms with van der Waals surface area (Å²) >= 11 is 5.92. The van der Waals surface area contributed by atoms with Gasteiger partial charge in [0.05, 0.1) is 11.9 Å². The fourth-order valence-electron chi connectivity index (χ4n) is 3.17. The standard InChI is InChI=1S/C23H30ClN3O4S/c1-5-14-25-23(29)18(3)26(15-19-9-7-6-8-17(19)2)22(28)16-27(32(4,30)31)21-12-10-20(24)11-13-21/h6-13,18H,5,14-16H2,1-4H3,(H,25,29)/t18-/m0/s1. The molecule has 0 radical (unpaired) electrons. The smallest absolute Gasteiger partial charge is 0.244 e. The van der Waals surface area contributed by atoms with Crippen molar-refractivity contribution in [1.29, 1.82) is 0 Å². The zero-order valence-corrected chi connectivity index (χ0v) is 20.4. The molecule has 32 heavy (non-hydrogen) atoms. The molecule has 2 rings (SSSR count). The Morgan fingerprint density at radius 2 is 1.72 bits per heavy atom. The van der Waals surface area contributed by atoms with E-state index in [0.717, 1.165) is 28.1 Å². The highest BCUT2D eigenvalue weighted by molar-refractivity contribution is 7.92. The summed E-state index contributed by atoms with van der Waals surface area (Å²) in [6.07, 6.45) is 1.81. The molecule has 9 heteroatoms. The van der Waals surface area contributed by atoms with Gasteiger partial charge in [-0.2, -0.15) is 0 Å². The minimum absolute atomic E-state index is 0.185. The Balaban J connectivity index is 2.37. The van der Waals surface area contributed by atoms with Gasteiger partial charge >= 0.3 is 0 Å². The number of sulfonamides is 1. The highest BCUT2D eigenvalue weighted by Gasteiger charge is 2.30. The van der Waals surface area contributed by atoms with Crippen molar-refractivity contribution in [3.63, 3.8) is 0 Å². The van der Waals surface area contributed by atoms with Crippen LogP contribution in [0.1, 0.15) is 31.4 Å². The molecule has 0 fully saturated rings. The van der Waals surface area contributed by atoms with Crippen molar-refractivity contribution in [2.24, 2.45) is 0 Å². The van der Waals surface area contributed by atoms with Crippen LogP contribution >= 0.6 is 11.6 Å². The van der Waals surface area contributed by atoms with Gasteiger partial charge in [0.2, 0.25) is 21.8 Å². The molecule has 2 aromatic carbocycles. The van der Waals surface area contributed by atoms with Gasteiger partial charge in [-0.15, -0.1) is 0 Å². The van der Waals surface area contributed by atoms with Crippen LogP contribution in [-0.2, 0) is 26.2 Å². The second kappa shape index (κ2) is 11.3. The highest BCUT2D eigenvalue weighted by Crippen LogP contribution is 2.21. The molecule has 2 aromatic rings. The van der Waals surface area contributed by atoms with E-state index in [0.29, 0.717) is 17.3 Å². The van der Waals surface area contributed by atoms with E-state index in [9.17, 15) is 18.0 Å².